The van der Waals surface area contributed by atoms with Crippen LogP contribution in [0.4, 0.5) is 5.69 Å². The topological polar surface area (TPSA) is 93.7 Å². The van der Waals surface area contributed by atoms with Gasteiger partial charge in [-0.3, -0.25) is 10.1 Å². The number of hydrogen-bond acceptors (Lipinski definition) is 5. The van der Waals surface area contributed by atoms with Crippen LogP contribution in [-0.4, -0.2) is 24.7 Å². The Morgan fingerprint density at radius 2 is 1.67 bits per heavy atom. The van der Waals surface area contributed by atoms with Crippen molar-refractivity contribution in [2.45, 2.75) is 11.4 Å². The summed E-state index contributed by atoms with van der Waals surface area (Å²) in [7, 11) is -2.39. The van der Waals surface area contributed by atoms with Crippen LogP contribution in [0.15, 0.2) is 70.0 Å². The lowest BCUT2D eigenvalue weighted by Gasteiger charge is -2.15. The second kappa shape index (κ2) is 7.51. The van der Waals surface area contributed by atoms with Crippen LogP contribution in [-0.2, 0) is 16.6 Å². The van der Waals surface area contributed by atoms with Gasteiger partial charge in [0.1, 0.15) is 11.5 Å². The van der Waals surface area contributed by atoms with Crippen molar-refractivity contribution in [1.82, 2.24) is 4.31 Å². The summed E-state index contributed by atoms with van der Waals surface area (Å²) in [4.78, 5) is 10.1. The summed E-state index contributed by atoms with van der Waals surface area (Å²) in [6.45, 7) is 0.0207. The molecule has 0 radical (unpaired) electrons. The predicted octanol–water partition coefficient (Wildman–Crippen LogP) is 4.33. The van der Waals surface area contributed by atoms with Gasteiger partial charge in [0.15, 0.2) is 0 Å². The molecule has 0 unspecified atom stereocenters. The fourth-order valence-corrected chi connectivity index (χ4v) is 3.72. The van der Waals surface area contributed by atoms with Crippen molar-refractivity contribution in [3.05, 3.63) is 81.6 Å². The summed E-state index contributed by atoms with van der Waals surface area (Å²) in [5.74, 6) is 1.07. The largest absolute Gasteiger partial charge is 0.460 e. The van der Waals surface area contributed by atoms with E-state index in [2.05, 4.69) is 0 Å². The molecule has 2 aromatic carbocycles. The minimum atomic E-state index is -3.81. The van der Waals surface area contributed by atoms with Crippen molar-refractivity contribution < 1.29 is 17.8 Å². The van der Waals surface area contributed by atoms with Crippen LogP contribution in [0.5, 0.6) is 0 Å². The van der Waals surface area contributed by atoms with Crippen molar-refractivity contribution in [1.29, 1.82) is 0 Å². The summed E-state index contributed by atoms with van der Waals surface area (Å²) >= 11 is 5.87. The first kappa shape index (κ1) is 19.1. The van der Waals surface area contributed by atoms with Gasteiger partial charge in [0, 0.05) is 29.8 Å². The van der Waals surface area contributed by atoms with Gasteiger partial charge in [0.2, 0.25) is 10.0 Å². The van der Waals surface area contributed by atoms with E-state index in [1.165, 1.54) is 19.2 Å². The van der Waals surface area contributed by atoms with Crippen LogP contribution in [0.25, 0.3) is 11.3 Å². The third-order valence-electron chi connectivity index (χ3n) is 3.92. The molecule has 0 spiro atoms. The first-order valence-electron chi connectivity index (χ1n) is 7.83. The lowest BCUT2D eigenvalue weighted by Crippen LogP contribution is -2.26. The number of nitro benzene ring substituents is 1. The van der Waals surface area contributed by atoms with Crippen LogP contribution in [0, 0.1) is 10.1 Å². The molecule has 3 aromatic rings. The zero-order valence-electron chi connectivity index (χ0n) is 14.2. The Hall–Kier alpha value is -2.68. The van der Waals surface area contributed by atoms with Crippen LogP contribution < -0.4 is 0 Å². The molecule has 1 aromatic heterocycles. The molecule has 140 valence electrons. The molecule has 27 heavy (non-hydrogen) atoms. The quantitative estimate of drug-likeness (QED) is 0.448. The Kier molecular flexibility index (Phi) is 5.31. The summed E-state index contributed by atoms with van der Waals surface area (Å²) in [5.41, 5.74) is 0.654. The average Bonchev–Trinajstić information content (AvgIpc) is 3.10. The fraction of sp³-hybridized carbons (Fsp3) is 0.111. The number of nitrogens with zero attached hydrogens (tertiary/aromatic N) is 2. The molecule has 0 bridgehead atoms. The van der Waals surface area contributed by atoms with E-state index in [1.807, 2.05) is 12.1 Å². The number of furan rings is 1. The molecule has 9 heteroatoms. The molecule has 0 saturated heterocycles. The summed E-state index contributed by atoms with van der Waals surface area (Å²) in [5, 5.41) is 11.3. The van der Waals surface area contributed by atoms with Gasteiger partial charge in [-0.1, -0.05) is 11.6 Å². The van der Waals surface area contributed by atoms with Crippen LogP contribution >= 0.6 is 11.6 Å². The van der Waals surface area contributed by atoms with Crippen LogP contribution in [0.3, 0.4) is 0 Å². The van der Waals surface area contributed by atoms with Gasteiger partial charge < -0.3 is 4.42 Å². The van der Waals surface area contributed by atoms with E-state index in [0.29, 0.717) is 16.5 Å². The van der Waals surface area contributed by atoms with Crippen molar-refractivity contribution >= 4 is 27.3 Å². The highest BCUT2D eigenvalue weighted by Crippen LogP contribution is 2.26. The van der Waals surface area contributed by atoms with Crippen molar-refractivity contribution in [2.75, 3.05) is 7.05 Å². The van der Waals surface area contributed by atoms with Gasteiger partial charge in [-0.25, -0.2) is 8.42 Å². The molecule has 0 aliphatic heterocycles. The fourth-order valence-electron chi connectivity index (χ4n) is 2.46. The standard InChI is InChI=1S/C18H15ClN2O5S/c1-20(27(24,25)17-9-6-15(7-10-17)21(22)23)12-16-8-11-18(26-16)13-2-4-14(19)5-3-13/h2-11H,12H2,1H3. The van der Waals surface area contributed by atoms with E-state index in [-0.39, 0.29) is 17.1 Å². The van der Waals surface area contributed by atoms with Crippen molar-refractivity contribution in [2.24, 2.45) is 0 Å². The average molecular weight is 407 g/mol. The molecule has 1 heterocycles. The van der Waals surface area contributed by atoms with Gasteiger partial charge in [-0.05, 0) is 48.5 Å². The number of nitro groups is 1. The van der Waals surface area contributed by atoms with Gasteiger partial charge in [0.25, 0.3) is 5.69 Å². The minimum absolute atomic E-state index is 0.0207. The SMILES string of the molecule is CN(Cc1ccc(-c2ccc(Cl)cc2)o1)S(=O)(=O)c1ccc([N+](=O)[O-])cc1. The van der Waals surface area contributed by atoms with E-state index in [4.69, 9.17) is 16.0 Å². The summed E-state index contributed by atoms with van der Waals surface area (Å²) in [6, 6.07) is 15.3. The number of sulfonamides is 1. The smallest absolute Gasteiger partial charge is 0.269 e. The third kappa shape index (κ3) is 4.19. The molecule has 0 saturated carbocycles. The van der Waals surface area contributed by atoms with Gasteiger partial charge >= 0.3 is 0 Å². The molecule has 0 atom stereocenters. The van der Waals surface area contributed by atoms with E-state index >= 15 is 0 Å². The lowest BCUT2D eigenvalue weighted by atomic mass is 10.2. The molecule has 0 amide bonds. The predicted molar refractivity (Wildman–Crippen MR) is 101 cm³/mol. The Morgan fingerprint density at radius 1 is 1.04 bits per heavy atom. The van der Waals surface area contributed by atoms with Gasteiger partial charge in [0.05, 0.1) is 16.4 Å². The molecule has 0 N–H and O–H groups in total. The second-order valence-electron chi connectivity index (χ2n) is 5.78. The van der Waals surface area contributed by atoms with E-state index in [0.717, 1.165) is 22.0 Å². The maximum Gasteiger partial charge on any atom is 0.269 e. The second-order valence-corrected chi connectivity index (χ2v) is 8.27. The van der Waals surface area contributed by atoms with E-state index in [9.17, 15) is 18.5 Å². The van der Waals surface area contributed by atoms with E-state index in [1.54, 1.807) is 24.3 Å². The highest BCUT2D eigenvalue weighted by Gasteiger charge is 2.23. The molecule has 0 fully saturated rings. The lowest BCUT2D eigenvalue weighted by molar-refractivity contribution is -0.384. The normalized spacial score (nSPS) is 11.7. The first-order valence-corrected chi connectivity index (χ1v) is 9.64. The maximum atomic E-state index is 12.6. The zero-order valence-corrected chi connectivity index (χ0v) is 15.8. The van der Waals surface area contributed by atoms with Crippen LogP contribution in [0.1, 0.15) is 5.76 Å². The zero-order chi connectivity index (χ0) is 19.6. The molecular weight excluding hydrogens is 392 g/mol. The highest BCUT2D eigenvalue weighted by molar-refractivity contribution is 7.89. The number of hydrogen-bond donors (Lipinski definition) is 0. The first-order chi connectivity index (χ1) is 12.8. The van der Waals surface area contributed by atoms with Crippen molar-refractivity contribution in [3.63, 3.8) is 0 Å². The Bertz CT molecular complexity index is 1060. The Balaban J connectivity index is 1.77. The summed E-state index contributed by atoms with van der Waals surface area (Å²) in [6.07, 6.45) is 0. The van der Waals surface area contributed by atoms with Crippen LogP contribution in [0.2, 0.25) is 5.02 Å². The monoisotopic (exact) mass is 406 g/mol. The Labute approximate surface area is 161 Å². The Morgan fingerprint density at radius 3 is 2.26 bits per heavy atom. The number of non-ortho nitro benzene ring substituents is 1. The number of benzene rings is 2. The van der Waals surface area contributed by atoms with Crippen molar-refractivity contribution in [3.8, 4) is 11.3 Å². The molecule has 0 aliphatic carbocycles. The summed E-state index contributed by atoms with van der Waals surface area (Å²) < 4.78 is 32.1. The molecule has 7 nitrogen and oxygen atoms in total. The minimum Gasteiger partial charge on any atom is -0.460 e. The van der Waals surface area contributed by atoms with E-state index < -0.39 is 14.9 Å². The molecular formula is C18H15ClN2O5S. The highest BCUT2D eigenvalue weighted by atomic mass is 35.5. The number of rotatable bonds is 6. The molecule has 0 aliphatic rings. The maximum absolute atomic E-state index is 12.6. The number of halogens is 1. The molecule has 3 rings (SSSR count). The van der Waals surface area contributed by atoms with Gasteiger partial charge in [-0.15, -0.1) is 0 Å². The third-order valence-corrected chi connectivity index (χ3v) is 5.99. The van der Waals surface area contributed by atoms with Gasteiger partial charge in [-0.2, -0.15) is 4.31 Å².